The van der Waals surface area contributed by atoms with Crippen LogP contribution in [0.1, 0.15) is 71.8 Å². The maximum absolute atomic E-state index is 12.4. The number of nitrogens with one attached hydrogen (secondary N) is 1. The van der Waals surface area contributed by atoms with Crippen LogP contribution in [0.2, 0.25) is 0 Å². The summed E-state index contributed by atoms with van der Waals surface area (Å²) in [6.45, 7) is 13.8. The molecule has 9 nitrogen and oxygen atoms in total. The minimum atomic E-state index is -0.481. The Morgan fingerprint density at radius 2 is 1.81 bits per heavy atom. The highest BCUT2D eigenvalue weighted by Crippen LogP contribution is 2.43. The molecule has 1 aromatic rings. The molecular weight excluding hydrogens is 460 g/mol. The maximum atomic E-state index is 12.4. The Morgan fingerprint density at radius 3 is 2.36 bits per heavy atom. The van der Waals surface area contributed by atoms with Gasteiger partial charge in [0.1, 0.15) is 11.3 Å². The van der Waals surface area contributed by atoms with Gasteiger partial charge in [0.05, 0.1) is 4.92 Å². The van der Waals surface area contributed by atoms with E-state index in [0.717, 1.165) is 76.0 Å². The number of aryl methyl sites for hydroxylation is 1. The van der Waals surface area contributed by atoms with Crippen molar-refractivity contribution in [1.29, 1.82) is 0 Å². The summed E-state index contributed by atoms with van der Waals surface area (Å²) in [4.78, 5) is 28.0. The van der Waals surface area contributed by atoms with Crippen LogP contribution in [0.25, 0.3) is 0 Å². The molecule has 2 aliphatic rings. The lowest BCUT2D eigenvalue weighted by atomic mass is 9.71. The molecule has 0 bridgehead atoms. The van der Waals surface area contributed by atoms with Gasteiger partial charge in [-0.2, -0.15) is 0 Å². The second-order valence-corrected chi connectivity index (χ2v) is 11.7. The Hall–Kier alpha value is -2.55. The van der Waals surface area contributed by atoms with Crippen molar-refractivity contribution in [3.63, 3.8) is 0 Å². The quantitative estimate of drug-likeness (QED) is 0.363. The molecule has 0 saturated carbocycles. The maximum Gasteiger partial charge on any atom is 0.410 e. The molecule has 202 valence electrons. The van der Waals surface area contributed by atoms with E-state index in [9.17, 15) is 14.9 Å². The number of piperidine rings is 2. The monoisotopic (exact) mass is 504 g/mol. The smallest absolute Gasteiger partial charge is 0.410 e. The molecule has 0 aliphatic carbocycles. The minimum absolute atomic E-state index is 0.105. The fourth-order valence-electron chi connectivity index (χ4n) is 5.35. The molecule has 0 unspecified atom stereocenters. The molecule has 36 heavy (non-hydrogen) atoms. The van der Waals surface area contributed by atoms with Gasteiger partial charge in [-0.3, -0.25) is 10.1 Å². The van der Waals surface area contributed by atoms with Gasteiger partial charge in [0.25, 0.3) is 5.69 Å². The van der Waals surface area contributed by atoms with Crippen LogP contribution in [-0.2, 0) is 4.74 Å². The molecule has 2 fully saturated rings. The van der Waals surface area contributed by atoms with Crippen molar-refractivity contribution in [2.75, 3.05) is 49.5 Å². The number of carbonyl (C=O) groups is 1. The Morgan fingerprint density at radius 1 is 1.19 bits per heavy atom. The number of amides is 1. The molecule has 1 atom stereocenters. The average Bonchev–Trinajstić information content (AvgIpc) is 2.81. The van der Waals surface area contributed by atoms with Crippen molar-refractivity contribution in [2.24, 2.45) is 11.3 Å². The van der Waals surface area contributed by atoms with Gasteiger partial charge in [-0.25, -0.2) is 4.79 Å². The molecule has 2 aliphatic heterocycles. The number of hydrogen-bond donors (Lipinski definition) is 2. The van der Waals surface area contributed by atoms with E-state index in [1.165, 1.54) is 0 Å². The van der Waals surface area contributed by atoms with Crippen molar-refractivity contribution in [3.05, 3.63) is 27.8 Å². The summed E-state index contributed by atoms with van der Waals surface area (Å²) in [6, 6.07) is 3.62. The standard InChI is InChI=1S/C27H44N4O5/c1-20(7-6-16-32)19-28-22-18-23(21(2)17-24(22)31(34)35)29-12-8-27(9-13-29)10-14-30(15-11-27)25(33)36-26(3,4)5/h17-18,20,28,32H,6-16,19H2,1-5H3/t20-/m1/s1. The lowest BCUT2D eigenvalue weighted by Crippen LogP contribution is -2.49. The van der Waals surface area contributed by atoms with E-state index in [4.69, 9.17) is 9.84 Å². The number of carbonyl (C=O) groups excluding carboxylic acids is 1. The Bertz CT molecular complexity index is 911. The second-order valence-electron chi connectivity index (χ2n) is 11.7. The van der Waals surface area contributed by atoms with Crippen LogP contribution in [0.4, 0.5) is 21.9 Å². The molecular formula is C27H44N4O5. The number of ether oxygens (including phenoxy) is 1. The number of benzene rings is 1. The number of anilines is 2. The third-order valence-electron chi connectivity index (χ3n) is 7.65. The molecule has 0 radical (unpaired) electrons. The molecule has 2 N–H and O–H groups in total. The summed E-state index contributed by atoms with van der Waals surface area (Å²) in [5, 5.41) is 24.1. The first-order valence-corrected chi connectivity index (χ1v) is 13.3. The summed E-state index contributed by atoms with van der Waals surface area (Å²) < 4.78 is 5.55. The molecule has 9 heteroatoms. The summed E-state index contributed by atoms with van der Waals surface area (Å²) in [5.74, 6) is 0.308. The predicted molar refractivity (Wildman–Crippen MR) is 143 cm³/mol. The zero-order valence-electron chi connectivity index (χ0n) is 22.6. The van der Waals surface area contributed by atoms with Gasteiger partial charge in [-0.05, 0) is 89.2 Å². The SMILES string of the molecule is Cc1cc([N+](=O)[O-])c(NC[C@H](C)CCCO)cc1N1CCC2(CCN(C(=O)OC(C)(C)C)CC2)CC1. The van der Waals surface area contributed by atoms with E-state index in [2.05, 4.69) is 17.1 Å². The number of likely N-dealkylation sites (tertiary alicyclic amines) is 1. The van der Waals surface area contributed by atoms with Crippen LogP contribution in [0.15, 0.2) is 12.1 Å². The fraction of sp³-hybridized carbons (Fsp3) is 0.741. The number of nitro benzene ring substituents is 1. The number of nitro groups is 1. The van der Waals surface area contributed by atoms with Gasteiger partial charge in [-0.15, -0.1) is 0 Å². The Balaban J connectivity index is 1.63. The Labute approximate surface area is 215 Å². The normalized spacial score (nSPS) is 18.7. The van der Waals surface area contributed by atoms with Crippen LogP contribution in [-0.4, -0.2) is 66.0 Å². The first-order valence-electron chi connectivity index (χ1n) is 13.3. The van der Waals surface area contributed by atoms with Crippen molar-refractivity contribution in [1.82, 2.24) is 4.90 Å². The summed E-state index contributed by atoms with van der Waals surface area (Å²) in [5.41, 5.74) is 2.39. The van der Waals surface area contributed by atoms with E-state index in [-0.39, 0.29) is 28.7 Å². The second kappa shape index (κ2) is 11.7. The molecule has 3 rings (SSSR count). The van der Waals surface area contributed by atoms with Crippen LogP contribution in [0.5, 0.6) is 0 Å². The third kappa shape index (κ3) is 7.24. The topological polar surface area (TPSA) is 108 Å². The average molecular weight is 505 g/mol. The van der Waals surface area contributed by atoms with E-state index < -0.39 is 5.60 Å². The van der Waals surface area contributed by atoms with E-state index in [1.54, 1.807) is 6.07 Å². The molecule has 2 saturated heterocycles. The van der Waals surface area contributed by atoms with Gasteiger partial charge in [-0.1, -0.05) is 6.92 Å². The largest absolute Gasteiger partial charge is 0.444 e. The molecule has 1 amide bonds. The van der Waals surface area contributed by atoms with Gasteiger partial charge >= 0.3 is 6.09 Å². The summed E-state index contributed by atoms with van der Waals surface area (Å²) in [6.07, 6.45) is 5.45. The van der Waals surface area contributed by atoms with Crippen LogP contribution >= 0.6 is 0 Å². The van der Waals surface area contributed by atoms with Gasteiger partial charge in [0.15, 0.2) is 0 Å². The van der Waals surface area contributed by atoms with E-state index in [1.807, 2.05) is 38.7 Å². The van der Waals surface area contributed by atoms with Crippen molar-refractivity contribution < 1.29 is 19.6 Å². The Kier molecular flexibility index (Phi) is 9.08. The number of nitrogens with zero attached hydrogens (tertiary/aromatic N) is 3. The zero-order valence-corrected chi connectivity index (χ0v) is 22.6. The third-order valence-corrected chi connectivity index (χ3v) is 7.65. The molecule has 2 heterocycles. The number of rotatable bonds is 8. The molecule has 0 aromatic heterocycles. The number of aliphatic hydroxyl groups is 1. The van der Waals surface area contributed by atoms with Crippen molar-refractivity contribution in [3.8, 4) is 0 Å². The first-order chi connectivity index (χ1) is 16.9. The lowest BCUT2D eigenvalue weighted by molar-refractivity contribution is -0.384. The minimum Gasteiger partial charge on any atom is -0.444 e. The summed E-state index contributed by atoms with van der Waals surface area (Å²) >= 11 is 0. The fourth-order valence-corrected chi connectivity index (χ4v) is 5.35. The van der Waals surface area contributed by atoms with Crippen LogP contribution in [0, 0.1) is 28.4 Å². The number of hydrogen-bond acceptors (Lipinski definition) is 7. The number of aliphatic hydroxyl groups excluding tert-OH is 1. The van der Waals surface area contributed by atoms with E-state index >= 15 is 0 Å². The van der Waals surface area contributed by atoms with Gasteiger partial charge < -0.3 is 25.0 Å². The highest BCUT2D eigenvalue weighted by Gasteiger charge is 2.39. The van der Waals surface area contributed by atoms with Crippen molar-refractivity contribution >= 4 is 23.2 Å². The highest BCUT2D eigenvalue weighted by molar-refractivity contribution is 5.72. The van der Waals surface area contributed by atoms with Crippen molar-refractivity contribution in [2.45, 2.75) is 78.7 Å². The lowest BCUT2D eigenvalue weighted by Gasteiger charge is -2.47. The van der Waals surface area contributed by atoms with Gasteiger partial charge in [0.2, 0.25) is 0 Å². The summed E-state index contributed by atoms with van der Waals surface area (Å²) in [7, 11) is 0. The predicted octanol–water partition coefficient (Wildman–Crippen LogP) is 5.34. The molecule has 1 aromatic carbocycles. The first kappa shape index (κ1) is 28.0. The van der Waals surface area contributed by atoms with E-state index in [0.29, 0.717) is 18.2 Å². The van der Waals surface area contributed by atoms with Crippen LogP contribution in [0.3, 0.4) is 0 Å². The van der Waals surface area contributed by atoms with Gasteiger partial charge in [0, 0.05) is 51.1 Å². The van der Waals surface area contributed by atoms with Crippen LogP contribution < -0.4 is 10.2 Å². The zero-order chi connectivity index (χ0) is 26.5. The molecule has 1 spiro atoms. The highest BCUT2D eigenvalue weighted by atomic mass is 16.6.